The summed E-state index contributed by atoms with van der Waals surface area (Å²) < 4.78 is 1.57. The van der Waals surface area contributed by atoms with Crippen molar-refractivity contribution in [3.8, 4) is 0 Å². The summed E-state index contributed by atoms with van der Waals surface area (Å²) in [6.45, 7) is 11.4. The fourth-order valence-electron chi connectivity index (χ4n) is 7.19. The fourth-order valence-corrected chi connectivity index (χ4v) is 7.19. The van der Waals surface area contributed by atoms with Gasteiger partial charge in [0.25, 0.3) is 0 Å². The van der Waals surface area contributed by atoms with Gasteiger partial charge in [-0.2, -0.15) is 0 Å². The number of aryl methyl sites for hydroxylation is 4. The number of unbranched alkanes of at least 4 members (excludes halogenated alkanes) is 14. The smallest absolute Gasteiger partial charge is 0.210 e. The first-order valence-electron chi connectivity index (χ1n) is 20.2. The molecule has 1 aliphatic rings. The Labute approximate surface area is 310 Å². The van der Waals surface area contributed by atoms with Crippen LogP contribution in [0.25, 0.3) is 16.9 Å². The molecule has 0 saturated heterocycles. The van der Waals surface area contributed by atoms with Gasteiger partial charge in [0.15, 0.2) is 0 Å². The zero-order chi connectivity index (χ0) is 33.7. The van der Waals surface area contributed by atoms with Crippen LogP contribution in [0.3, 0.4) is 0 Å². The SMILES string of the molecule is CCCCCCCCc1cc(CCCCCCCC)cc(C2=C(CCCCC)C=C(c3cc(CCCC)cc(CCCC)c3)[N+]2=[N-])c1.[Pd]. The summed E-state index contributed by atoms with van der Waals surface area (Å²) in [5.41, 5.74) is 23.5. The number of nitrogens with zero attached hydrogens (tertiary/aromatic N) is 2. The molecule has 0 unspecified atom stereocenters. The normalized spacial score (nSPS) is 12.9. The summed E-state index contributed by atoms with van der Waals surface area (Å²) in [6.07, 6.45) is 32.1. The Kier molecular flexibility index (Phi) is 22.2. The molecule has 2 aromatic rings. The second-order valence-electron chi connectivity index (χ2n) is 14.5. The van der Waals surface area contributed by atoms with Gasteiger partial charge < -0.3 is 5.53 Å². The van der Waals surface area contributed by atoms with E-state index in [0.29, 0.717) is 0 Å². The quantitative estimate of drug-likeness (QED) is 0.0521. The second-order valence-corrected chi connectivity index (χ2v) is 14.5. The molecule has 270 valence electrons. The van der Waals surface area contributed by atoms with Crippen molar-refractivity contribution >= 4 is 11.4 Å². The fraction of sp³-hybridized carbons (Fsp3) is 0.644. The van der Waals surface area contributed by atoms with Crippen molar-refractivity contribution in [2.75, 3.05) is 0 Å². The molecule has 0 bridgehead atoms. The molecule has 0 spiro atoms. The largest absolute Gasteiger partial charge is 0.493 e. The Bertz CT molecular complexity index is 1210. The molecule has 0 aliphatic carbocycles. The van der Waals surface area contributed by atoms with Crippen molar-refractivity contribution in [3.63, 3.8) is 0 Å². The maximum Gasteiger partial charge on any atom is 0.210 e. The average molecular weight is 745 g/mol. The summed E-state index contributed by atoms with van der Waals surface area (Å²) in [6, 6.07) is 14.4. The predicted octanol–water partition coefficient (Wildman–Crippen LogP) is 14.6. The van der Waals surface area contributed by atoms with Crippen LogP contribution in [0, 0.1) is 0 Å². The molecule has 0 radical (unpaired) electrons. The van der Waals surface area contributed by atoms with Crippen molar-refractivity contribution in [1.82, 2.24) is 0 Å². The minimum Gasteiger partial charge on any atom is -0.493 e. The Morgan fingerprint density at radius 1 is 0.417 bits per heavy atom. The first-order chi connectivity index (χ1) is 23.0. The van der Waals surface area contributed by atoms with Crippen molar-refractivity contribution in [2.45, 2.75) is 189 Å². The van der Waals surface area contributed by atoms with Crippen LogP contribution < -0.4 is 0 Å². The van der Waals surface area contributed by atoms with E-state index < -0.39 is 0 Å². The van der Waals surface area contributed by atoms with E-state index in [4.69, 9.17) is 0 Å². The zero-order valence-electron chi connectivity index (χ0n) is 31.7. The standard InChI is InChI=1S/C45H70N2.Pd/c1-6-11-16-18-20-23-27-39-31-40(28-24-21-19-17-12-7-2)35-43(34-39)45-41(29-22-13-8-3)36-44(47(45)46)42-32-37(25-14-9-4)30-38(33-42)26-15-10-5;/h30-36H,6-29H2,1-5H3;. The molecule has 0 fully saturated rings. The molecule has 0 saturated carbocycles. The molecular formula is C45H70N2Pd. The van der Waals surface area contributed by atoms with Crippen molar-refractivity contribution in [3.05, 3.63) is 87.0 Å². The van der Waals surface area contributed by atoms with Gasteiger partial charge in [-0.3, -0.25) is 0 Å². The Hall–Kier alpha value is -1.82. The van der Waals surface area contributed by atoms with Crippen LogP contribution in [0.2, 0.25) is 0 Å². The first kappa shape index (κ1) is 42.4. The summed E-state index contributed by atoms with van der Waals surface area (Å²) in [4.78, 5) is 0. The summed E-state index contributed by atoms with van der Waals surface area (Å²) >= 11 is 0. The second kappa shape index (κ2) is 25.2. The van der Waals surface area contributed by atoms with Gasteiger partial charge in [0.2, 0.25) is 11.4 Å². The van der Waals surface area contributed by atoms with Crippen molar-refractivity contribution < 1.29 is 25.1 Å². The van der Waals surface area contributed by atoms with Gasteiger partial charge in [0.1, 0.15) is 0 Å². The monoisotopic (exact) mass is 744 g/mol. The molecule has 3 heteroatoms. The molecule has 2 aromatic carbocycles. The van der Waals surface area contributed by atoms with Crippen LogP contribution in [0.1, 0.15) is 196 Å². The molecule has 0 aromatic heterocycles. The summed E-state index contributed by atoms with van der Waals surface area (Å²) in [7, 11) is 0. The third kappa shape index (κ3) is 14.6. The molecule has 1 aliphatic heterocycles. The van der Waals surface area contributed by atoms with Crippen LogP contribution >= 0.6 is 0 Å². The maximum absolute atomic E-state index is 12.1. The van der Waals surface area contributed by atoms with E-state index in [1.54, 1.807) is 4.70 Å². The minimum atomic E-state index is 0. The van der Waals surface area contributed by atoms with Gasteiger partial charge in [-0.15, -0.1) is 0 Å². The third-order valence-corrected chi connectivity index (χ3v) is 10.1. The van der Waals surface area contributed by atoms with Gasteiger partial charge in [0.05, 0.1) is 0 Å². The van der Waals surface area contributed by atoms with Gasteiger partial charge in [-0.05, 0) is 111 Å². The Balaban J connectivity index is 0.00000800. The molecule has 2 nitrogen and oxygen atoms in total. The van der Waals surface area contributed by atoms with Crippen LogP contribution in [0.5, 0.6) is 0 Å². The third-order valence-electron chi connectivity index (χ3n) is 10.1. The zero-order valence-corrected chi connectivity index (χ0v) is 33.3. The molecule has 48 heavy (non-hydrogen) atoms. The molecule has 3 rings (SSSR count). The minimum absolute atomic E-state index is 0. The van der Waals surface area contributed by atoms with E-state index in [1.807, 2.05) is 0 Å². The average Bonchev–Trinajstić information content (AvgIpc) is 3.41. The molecule has 0 amide bonds. The predicted molar refractivity (Wildman–Crippen MR) is 207 cm³/mol. The topological polar surface area (TPSA) is 25.3 Å². The first-order valence-corrected chi connectivity index (χ1v) is 20.2. The molecular weight excluding hydrogens is 675 g/mol. The van der Waals surface area contributed by atoms with Gasteiger partial charge in [-0.1, -0.05) is 137 Å². The van der Waals surface area contributed by atoms with Gasteiger partial charge in [0, 0.05) is 43.2 Å². The van der Waals surface area contributed by atoms with E-state index in [2.05, 4.69) is 77.1 Å². The molecule has 1 heterocycles. The number of benzene rings is 2. The number of rotatable bonds is 26. The number of hydrogen-bond donors (Lipinski definition) is 0. The Morgan fingerprint density at radius 3 is 1.23 bits per heavy atom. The van der Waals surface area contributed by atoms with Crippen LogP contribution in [-0.4, -0.2) is 4.70 Å². The van der Waals surface area contributed by atoms with E-state index >= 15 is 0 Å². The van der Waals surface area contributed by atoms with Crippen molar-refractivity contribution in [1.29, 1.82) is 0 Å². The number of allylic oxidation sites excluding steroid dienone is 2. The summed E-state index contributed by atoms with van der Waals surface area (Å²) in [5.74, 6) is 0. The van der Waals surface area contributed by atoms with E-state index in [1.165, 1.54) is 155 Å². The Morgan fingerprint density at radius 2 is 0.771 bits per heavy atom. The van der Waals surface area contributed by atoms with Gasteiger partial charge in [-0.25, -0.2) is 4.70 Å². The molecule has 0 atom stereocenters. The van der Waals surface area contributed by atoms with Crippen LogP contribution in [-0.2, 0) is 46.1 Å². The van der Waals surface area contributed by atoms with Gasteiger partial charge >= 0.3 is 0 Å². The summed E-state index contributed by atoms with van der Waals surface area (Å²) in [5, 5.41) is 0. The van der Waals surface area contributed by atoms with Crippen LogP contribution in [0.15, 0.2) is 48.0 Å². The van der Waals surface area contributed by atoms with E-state index in [0.717, 1.165) is 49.9 Å². The number of hydrogen-bond acceptors (Lipinski definition) is 0. The van der Waals surface area contributed by atoms with E-state index in [-0.39, 0.29) is 20.4 Å². The van der Waals surface area contributed by atoms with Crippen molar-refractivity contribution in [2.24, 2.45) is 0 Å². The van der Waals surface area contributed by atoms with E-state index in [9.17, 15) is 5.53 Å². The molecule has 0 N–H and O–H groups in total. The maximum atomic E-state index is 12.1. The van der Waals surface area contributed by atoms with Crippen LogP contribution in [0.4, 0.5) is 0 Å².